The van der Waals surface area contributed by atoms with Gasteiger partial charge in [-0.05, 0) is 48.6 Å². The van der Waals surface area contributed by atoms with E-state index in [0.29, 0.717) is 31.3 Å². The predicted molar refractivity (Wildman–Crippen MR) is 105 cm³/mol. The molecule has 4 nitrogen and oxygen atoms in total. The first-order valence-corrected chi connectivity index (χ1v) is 8.92. The number of fused-ring (bicyclic) bond motifs is 1. The molecule has 0 aliphatic rings. The average Bonchev–Trinajstić information content (AvgIpc) is 2.94. The van der Waals surface area contributed by atoms with Crippen LogP contribution in [0.3, 0.4) is 0 Å². The number of halogens is 3. The number of thiocarbonyl (C=S) groups is 1. The first-order valence-electron chi connectivity index (χ1n) is 6.56. The Morgan fingerprint density at radius 3 is 2.50 bits per heavy atom. The van der Waals surface area contributed by atoms with Crippen molar-refractivity contribution in [1.82, 2.24) is 10.3 Å². The fraction of sp³-hybridized carbons (Fsp3) is 0. The Labute approximate surface area is 161 Å². The van der Waals surface area contributed by atoms with Crippen molar-refractivity contribution in [2.75, 3.05) is 5.32 Å². The molecular weight excluding hydrogens is 409 g/mol. The Morgan fingerprint density at radius 2 is 1.79 bits per heavy atom. The molecule has 0 aliphatic heterocycles. The van der Waals surface area contributed by atoms with E-state index < -0.39 is 0 Å². The zero-order chi connectivity index (χ0) is 17.3. The smallest absolute Gasteiger partial charge is 0.257 e. The summed E-state index contributed by atoms with van der Waals surface area (Å²) in [6.45, 7) is 0. The van der Waals surface area contributed by atoms with Gasteiger partial charge in [-0.25, -0.2) is 4.98 Å². The summed E-state index contributed by atoms with van der Waals surface area (Å²) in [6, 6.07) is 10.0. The Bertz CT molecular complexity index is 941. The fourth-order valence-corrected chi connectivity index (χ4v) is 3.57. The van der Waals surface area contributed by atoms with Crippen molar-refractivity contribution in [2.24, 2.45) is 0 Å². The van der Waals surface area contributed by atoms with Gasteiger partial charge in [0.25, 0.3) is 5.91 Å². The molecular formula is C15H8Cl3N3OS2. The van der Waals surface area contributed by atoms with Gasteiger partial charge in [-0.15, -0.1) is 0 Å². The van der Waals surface area contributed by atoms with Crippen molar-refractivity contribution < 1.29 is 4.79 Å². The molecule has 122 valence electrons. The summed E-state index contributed by atoms with van der Waals surface area (Å²) in [5, 5.41) is 7.46. The SMILES string of the molecule is O=C(NC(=S)Nc1nc2c(Cl)c(Cl)ccc2s1)c1ccc(Cl)cc1. The summed E-state index contributed by atoms with van der Waals surface area (Å²) in [6.07, 6.45) is 0. The van der Waals surface area contributed by atoms with E-state index in [1.165, 1.54) is 11.3 Å². The van der Waals surface area contributed by atoms with Gasteiger partial charge in [-0.2, -0.15) is 0 Å². The lowest BCUT2D eigenvalue weighted by Gasteiger charge is -2.07. The lowest BCUT2D eigenvalue weighted by atomic mass is 10.2. The van der Waals surface area contributed by atoms with Crippen LogP contribution in [0.25, 0.3) is 10.2 Å². The van der Waals surface area contributed by atoms with Gasteiger partial charge in [0.15, 0.2) is 10.2 Å². The monoisotopic (exact) mass is 415 g/mol. The average molecular weight is 417 g/mol. The molecule has 0 atom stereocenters. The van der Waals surface area contributed by atoms with Gasteiger partial charge in [0, 0.05) is 10.6 Å². The predicted octanol–water partition coefficient (Wildman–Crippen LogP) is 5.38. The highest BCUT2D eigenvalue weighted by molar-refractivity contribution is 7.80. The number of rotatable bonds is 2. The van der Waals surface area contributed by atoms with Crippen molar-refractivity contribution in [3.8, 4) is 0 Å². The maximum atomic E-state index is 12.1. The first kappa shape index (κ1) is 17.4. The molecule has 2 N–H and O–H groups in total. The quantitative estimate of drug-likeness (QED) is 0.550. The molecule has 0 unspecified atom stereocenters. The van der Waals surface area contributed by atoms with Gasteiger partial charge in [0.2, 0.25) is 0 Å². The standard InChI is InChI=1S/C15H8Cl3N3OS2/c16-8-3-1-7(2-4-8)13(22)20-14(23)21-15-19-12-10(24-15)6-5-9(17)11(12)18/h1-6H,(H2,19,20,21,22,23). The zero-order valence-corrected chi connectivity index (χ0v) is 15.7. The molecule has 0 fully saturated rings. The van der Waals surface area contributed by atoms with Crippen molar-refractivity contribution >= 4 is 84.7 Å². The van der Waals surface area contributed by atoms with Crippen LogP contribution >= 0.6 is 58.4 Å². The van der Waals surface area contributed by atoms with E-state index >= 15 is 0 Å². The van der Waals surface area contributed by atoms with Gasteiger partial charge in [0.05, 0.1) is 14.7 Å². The van der Waals surface area contributed by atoms with E-state index in [2.05, 4.69) is 15.6 Å². The number of nitrogens with zero attached hydrogens (tertiary/aromatic N) is 1. The van der Waals surface area contributed by atoms with Crippen molar-refractivity contribution in [1.29, 1.82) is 0 Å². The number of nitrogens with one attached hydrogen (secondary N) is 2. The summed E-state index contributed by atoms with van der Waals surface area (Å²) < 4.78 is 0.860. The van der Waals surface area contributed by atoms with E-state index in [1.807, 2.05) is 6.07 Å². The minimum absolute atomic E-state index is 0.135. The highest BCUT2D eigenvalue weighted by Crippen LogP contribution is 2.35. The number of amides is 1. The number of benzene rings is 2. The molecule has 0 spiro atoms. The van der Waals surface area contributed by atoms with Crippen LogP contribution in [0.15, 0.2) is 36.4 Å². The van der Waals surface area contributed by atoms with Gasteiger partial charge in [-0.1, -0.05) is 46.1 Å². The zero-order valence-electron chi connectivity index (χ0n) is 11.8. The largest absolute Gasteiger partial charge is 0.308 e. The molecule has 0 saturated carbocycles. The Morgan fingerprint density at radius 1 is 1.08 bits per heavy atom. The lowest BCUT2D eigenvalue weighted by Crippen LogP contribution is -2.34. The molecule has 0 saturated heterocycles. The summed E-state index contributed by atoms with van der Waals surface area (Å²) >= 11 is 24.4. The van der Waals surface area contributed by atoms with Crippen LogP contribution in [0, 0.1) is 0 Å². The van der Waals surface area contributed by atoms with Crippen LogP contribution in [0.2, 0.25) is 15.1 Å². The molecule has 0 bridgehead atoms. The summed E-state index contributed by atoms with van der Waals surface area (Å²) in [5.41, 5.74) is 1.03. The fourth-order valence-electron chi connectivity index (χ4n) is 1.90. The van der Waals surface area contributed by atoms with Crippen LogP contribution < -0.4 is 10.6 Å². The highest BCUT2D eigenvalue weighted by Gasteiger charge is 2.12. The summed E-state index contributed by atoms with van der Waals surface area (Å²) in [4.78, 5) is 16.4. The molecule has 0 aliphatic carbocycles. The lowest BCUT2D eigenvalue weighted by molar-refractivity contribution is 0.0978. The van der Waals surface area contributed by atoms with Gasteiger partial charge >= 0.3 is 0 Å². The third kappa shape index (κ3) is 3.79. The van der Waals surface area contributed by atoms with Crippen molar-refractivity contribution in [3.05, 3.63) is 57.0 Å². The maximum Gasteiger partial charge on any atom is 0.257 e. The van der Waals surface area contributed by atoms with E-state index in [4.69, 9.17) is 47.0 Å². The van der Waals surface area contributed by atoms with Crippen LogP contribution in [-0.2, 0) is 0 Å². The van der Waals surface area contributed by atoms with E-state index in [0.717, 1.165) is 4.70 Å². The number of anilines is 1. The molecule has 2 aromatic carbocycles. The number of carbonyl (C=O) groups excluding carboxylic acids is 1. The van der Waals surface area contributed by atoms with E-state index in [1.54, 1.807) is 30.3 Å². The summed E-state index contributed by atoms with van der Waals surface area (Å²) in [5.74, 6) is -0.341. The second-order valence-corrected chi connectivity index (χ2v) is 7.30. The molecule has 24 heavy (non-hydrogen) atoms. The third-order valence-corrected chi connectivity index (χ3v) is 5.19. The number of thiazole rings is 1. The minimum Gasteiger partial charge on any atom is -0.308 e. The molecule has 1 amide bonds. The third-order valence-electron chi connectivity index (χ3n) is 3.01. The van der Waals surface area contributed by atoms with Crippen LogP contribution in [0.5, 0.6) is 0 Å². The number of aromatic nitrogens is 1. The highest BCUT2D eigenvalue weighted by atomic mass is 35.5. The number of hydrogen-bond donors (Lipinski definition) is 2. The van der Waals surface area contributed by atoms with Gasteiger partial charge in [0.1, 0.15) is 5.52 Å². The summed E-state index contributed by atoms with van der Waals surface area (Å²) in [7, 11) is 0. The second-order valence-electron chi connectivity index (χ2n) is 4.64. The van der Waals surface area contributed by atoms with Crippen LogP contribution in [0.4, 0.5) is 5.13 Å². The molecule has 3 rings (SSSR count). The normalized spacial score (nSPS) is 10.6. The molecule has 3 aromatic rings. The molecule has 0 radical (unpaired) electrons. The van der Waals surface area contributed by atoms with Crippen molar-refractivity contribution in [2.45, 2.75) is 0 Å². The number of hydrogen-bond acceptors (Lipinski definition) is 4. The Hall–Kier alpha value is -1.44. The van der Waals surface area contributed by atoms with Crippen LogP contribution in [0.1, 0.15) is 10.4 Å². The first-order chi connectivity index (χ1) is 11.4. The number of carbonyl (C=O) groups is 1. The Kier molecular flexibility index (Phi) is 5.22. The van der Waals surface area contributed by atoms with Gasteiger partial charge in [-0.3, -0.25) is 10.1 Å². The molecule has 1 heterocycles. The van der Waals surface area contributed by atoms with E-state index in [-0.39, 0.29) is 11.0 Å². The second kappa shape index (κ2) is 7.21. The topological polar surface area (TPSA) is 54.0 Å². The van der Waals surface area contributed by atoms with E-state index in [9.17, 15) is 4.79 Å². The van der Waals surface area contributed by atoms with Crippen molar-refractivity contribution in [3.63, 3.8) is 0 Å². The van der Waals surface area contributed by atoms with Crippen LogP contribution in [-0.4, -0.2) is 16.0 Å². The van der Waals surface area contributed by atoms with Gasteiger partial charge < -0.3 is 5.32 Å². The maximum absolute atomic E-state index is 12.1. The Balaban J connectivity index is 1.72. The molecule has 9 heteroatoms. The molecule has 1 aromatic heterocycles. The minimum atomic E-state index is -0.341.